The number of ether oxygens (including phenoxy) is 2. The van der Waals surface area contributed by atoms with E-state index in [1.54, 1.807) is 0 Å². The van der Waals surface area contributed by atoms with Crippen molar-refractivity contribution in [3.8, 4) is 5.75 Å². The normalized spacial score (nSPS) is 19.7. The Labute approximate surface area is 148 Å². The highest BCUT2D eigenvalue weighted by Gasteiger charge is 2.42. The second kappa shape index (κ2) is 7.70. The van der Waals surface area contributed by atoms with Gasteiger partial charge in [0.1, 0.15) is 5.75 Å². The van der Waals surface area contributed by atoms with Gasteiger partial charge in [-0.25, -0.2) is 4.79 Å². The number of benzene rings is 2. The zero-order valence-corrected chi connectivity index (χ0v) is 14.5. The smallest absolute Gasteiger partial charge is 0.336 e. The lowest BCUT2D eigenvalue weighted by Crippen LogP contribution is -2.40. The van der Waals surface area contributed by atoms with E-state index in [2.05, 4.69) is 31.2 Å². The molecule has 0 spiro atoms. The van der Waals surface area contributed by atoms with Crippen LogP contribution in [0.4, 0.5) is 0 Å². The number of aliphatic carboxylic acids is 1. The van der Waals surface area contributed by atoms with E-state index >= 15 is 0 Å². The standard InChI is InChI=1S/C21H24O4/c1-16-3-5-17(6-4-16)11-14-24-19-9-7-18(8-10-19)15-21(20(22)23)12-2-13-25-21/h3-10H,2,11-15H2,1H3,(H,22,23). The highest BCUT2D eigenvalue weighted by atomic mass is 16.5. The summed E-state index contributed by atoms with van der Waals surface area (Å²) >= 11 is 0. The van der Waals surface area contributed by atoms with Crippen molar-refractivity contribution in [3.63, 3.8) is 0 Å². The van der Waals surface area contributed by atoms with Crippen LogP contribution in [-0.2, 0) is 22.4 Å². The largest absolute Gasteiger partial charge is 0.493 e. The number of rotatable bonds is 7. The molecule has 1 atom stereocenters. The quantitative estimate of drug-likeness (QED) is 0.833. The maximum Gasteiger partial charge on any atom is 0.336 e. The van der Waals surface area contributed by atoms with Gasteiger partial charge in [0.25, 0.3) is 0 Å². The predicted molar refractivity (Wildman–Crippen MR) is 96.1 cm³/mol. The van der Waals surface area contributed by atoms with Crippen LogP contribution in [0, 0.1) is 6.92 Å². The van der Waals surface area contributed by atoms with Crippen molar-refractivity contribution in [3.05, 3.63) is 65.2 Å². The molecule has 132 valence electrons. The van der Waals surface area contributed by atoms with E-state index in [1.807, 2.05) is 24.3 Å². The molecule has 1 unspecified atom stereocenters. The van der Waals surface area contributed by atoms with Crippen molar-refractivity contribution < 1.29 is 19.4 Å². The highest BCUT2D eigenvalue weighted by molar-refractivity contribution is 5.78. The van der Waals surface area contributed by atoms with Crippen molar-refractivity contribution >= 4 is 5.97 Å². The zero-order chi connectivity index (χ0) is 17.7. The maximum absolute atomic E-state index is 11.5. The third kappa shape index (κ3) is 4.40. The van der Waals surface area contributed by atoms with Gasteiger partial charge in [0.2, 0.25) is 0 Å². The summed E-state index contributed by atoms with van der Waals surface area (Å²) in [5, 5.41) is 9.47. The molecule has 2 aromatic carbocycles. The molecule has 0 aliphatic carbocycles. The Morgan fingerprint density at radius 1 is 1.12 bits per heavy atom. The van der Waals surface area contributed by atoms with Crippen LogP contribution in [0.5, 0.6) is 5.75 Å². The molecule has 0 amide bonds. The van der Waals surface area contributed by atoms with Crippen LogP contribution in [0.2, 0.25) is 0 Å². The topological polar surface area (TPSA) is 55.8 Å². The van der Waals surface area contributed by atoms with Crippen LogP contribution in [0.15, 0.2) is 48.5 Å². The van der Waals surface area contributed by atoms with Gasteiger partial charge in [-0.1, -0.05) is 42.0 Å². The van der Waals surface area contributed by atoms with Gasteiger partial charge in [-0.2, -0.15) is 0 Å². The summed E-state index contributed by atoms with van der Waals surface area (Å²) in [6.07, 6.45) is 2.62. The molecule has 1 saturated heterocycles. The molecular weight excluding hydrogens is 316 g/mol. The summed E-state index contributed by atoms with van der Waals surface area (Å²) in [6, 6.07) is 16.1. The Morgan fingerprint density at radius 3 is 2.40 bits per heavy atom. The maximum atomic E-state index is 11.5. The summed E-state index contributed by atoms with van der Waals surface area (Å²) in [4.78, 5) is 11.5. The number of carboxylic acid groups (broad SMARTS) is 1. The second-order valence-electron chi connectivity index (χ2n) is 6.66. The minimum atomic E-state index is -1.06. The number of hydrogen-bond donors (Lipinski definition) is 1. The minimum Gasteiger partial charge on any atom is -0.493 e. The molecule has 0 radical (unpaired) electrons. The first-order valence-electron chi connectivity index (χ1n) is 8.72. The minimum absolute atomic E-state index is 0.395. The Morgan fingerprint density at radius 2 is 1.80 bits per heavy atom. The van der Waals surface area contributed by atoms with Crippen LogP contribution in [-0.4, -0.2) is 29.9 Å². The van der Waals surface area contributed by atoms with E-state index in [9.17, 15) is 9.90 Å². The van der Waals surface area contributed by atoms with Crippen LogP contribution in [0.25, 0.3) is 0 Å². The molecule has 0 saturated carbocycles. The average molecular weight is 340 g/mol. The molecule has 0 bridgehead atoms. The Bertz CT molecular complexity index is 698. The lowest BCUT2D eigenvalue weighted by molar-refractivity contribution is -0.159. The molecule has 1 aliphatic rings. The third-order valence-electron chi connectivity index (χ3n) is 4.69. The molecule has 25 heavy (non-hydrogen) atoms. The van der Waals surface area contributed by atoms with Gasteiger partial charge >= 0.3 is 5.97 Å². The third-order valence-corrected chi connectivity index (χ3v) is 4.69. The van der Waals surface area contributed by atoms with Crippen molar-refractivity contribution in [1.29, 1.82) is 0 Å². The summed E-state index contributed by atoms with van der Waals surface area (Å²) in [7, 11) is 0. The summed E-state index contributed by atoms with van der Waals surface area (Å²) in [5.74, 6) is -0.0731. The molecule has 2 aromatic rings. The van der Waals surface area contributed by atoms with Crippen molar-refractivity contribution in [2.45, 2.75) is 38.2 Å². The Hall–Kier alpha value is -2.33. The van der Waals surface area contributed by atoms with Gasteiger partial charge in [0, 0.05) is 19.4 Å². The van der Waals surface area contributed by atoms with Crippen LogP contribution in [0.1, 0.15) is 29.5 Å². The van der Waals surface area contributed by atoms with E-state index in [4.69, 9.17) is 9.47 Å². The van der Waals surface area contributed by atoms with Gasteiger partial charge in [-0.3, -0.25) is 0 Å². The molecular formula is C21H24O4. The molecule has 1 fully saturated rings. The summed E-state index contributed by atoms with van der Waals surface area (Å²) in [6.45, 7) is 3.21. The number of hydrogen-bond acceptors (Lipinski definition) is 3. The van der Waals surface area contributed by atoms with E-state index in [1.165, 1.54) is 11.1 Å². The van der Waals surface area contributed by atoms with Crippen LogP contribution in [0.3, 0.4) is 0 Å². The van der Waals surface area contributed by atoms with Gasteiger partial charge < -0.3 is 14.6 Å². The first-order valence-corrected chi connectivity index (χ1v) is 8.72. The highest BCUT2D eigenvalue weighted by Crippen LogP contribution is 2.30. The fourth-order valence-corrected chi connectivity index (χ4v) is 3.16. The molecule has 3 rings (SSSR count). The lowest BCUT2D eigenvalue weighted by Gasteiger charge is -2.23. The second-order valence-corrected chi connectivity index (χ2v) is 6.66. The van der Waals surface area contributed by atoms with E-state index < -0.39 is 11.6 Å². The average Bonchev–Trinajstić information content (AvgIpc) is 3.08. The molecule has 1 aliphatic heterocycles. The molecule has 1 heterocycles. The molecule has 4 heteroatoms. The number of aryl methyl sites for hydroxylation is 1. The first kappa shape index (κ1) is 17.5. The lowest BCUT2D eigenvalue weighted by atomic mass is 9.92. The van der Waals surface area contributed by atoms with Gasteiger partial charge in [-0.15, -0.1) is 0 Å². The molecule has 4 nitrogen and oxygen atoms in total. The number of carbonyl (C=O) groups is 1. The fourth-order valence-electron chi connectivity index (χ4n) is 3.16. The van der Waals surface area contributed by atoms with Gasteiger partial charge in [-0.05, 0) is 43.0 Å². The van der Waals surface area contributed by atoms with Crippen molar-refractivity contribution in [2.24, 2.45) is 0 Å². The van der Waals surface area contributed by atoms with Crippen LogP contribution < -0.4 is 4.74 Å². The van der Waals surface area contributed by atoms with Gasteiger partial charge in [0.15, 0.2) is 5.60 Å². The van der Waals surface area contributed by atoms with Gasteiger partial charge in [0.05, 0.1) is 6.61 Å². The van der Waals surface area contributed by atoms with E-state index in [-0.39, 0.29) is 0 Å². The SMILES string of the molecule is Cc1ccc(CCOc2ccc(CC3(C(=O)O)CCCO3)cc2)cc1. The van der Waals surface area contributed by atoms with Crippen LogP contribution >= 0.6 is 0 Å². The number of carboxylic acids is 1. The van der Waals surface area contributed by atoms with E-state index in [0.29, 0.717) is 26.1 Å². The first-order chi connectivity index (χ1) is 12.1. The Balaban J connectivity index is 1.53. The van der Waals surface area contributed by atoms with Crippen molar-refractivity contribution in [2.75, 3.05) is 13.2 Å². The Kier molecular flexibility index (Phi) is 5.39. The summed E-state index contributed by atoms with van der Waals surface area (Å²) < 4.78 is 11.3. The molecule has 1 N–H and O–H groups in total. The van der Waals surface area contributed by atoms with Crippen molar-refractivity contribution in [1.82, 2.24) is 0 Å². The zero-order valence-electron chi connectivity index (χ0n) is 14.5. The summed E-state index contributed by atoms with van der Waals surface area (Å²) in [5.41, 5.74) is 2.40. The predicted octanol–water partition coefficient (Wildman–Crippen LogP) is 3.79. The monoisotopic (exact) mass is 340 g/mol. The fraction of sp³-hybridized carbons (Fsp3) is 0.381. The van der Waals surface area contributed by atoms with E-state index in [0.717, 1.165) is 24.2 Å². The molecule has 0 aromatic heterocycles.